The number of hydrogen-bond acceptors (Lipinski definition) is 3. The van der Waals surface area contributed by atoms with Crippen molar-refractivity contribution in [2.45, 2.75) is 19.4 Å². The van der Waals surface area contributed by atoms with Gasteiger partial charge in [-0.2, -0.15) is 0 Å². The van der Waals surface area contributed by atoms with Crippen LogP contribution in [0.4, 0.5) is 0 Å². The first-order valence-electron chi connectivity index (χ1n) is 6.97. The van der Waals surface area contributed by atoms with E-state index in [1.54, 1.807) is 18.2 Å². The highest BCUT2D eigenvalue weighted by Gasteiger charge is 2.23. The van der Waals surface area contributed by atoms with E-state index in [1.807, 2.05) is 44.2 Å². The number of aromatic nitrogens is 1. The second-order valence-electron chi connectivity index (χ2n) is 5.67. The Morgan fingerprint density at radius 1 is 1.14 bits per heavy atom. The van der Waals surface area contributed by atoms with Gasteiger partial charge in [-0.25, -0.2) is 4.79 Å². The lowest BCUT2D eigenvalue weighted by molar-refractivity contribution is 0.0912. The summed E-state index contributed by atoms with van der Waals surface area (Å²) in [5, 5.41) is 3.00. The van der Waals surface area contributed by atoms with Crippen molar-refractivity contribution in [3.8, 4) is 0 Å². The first-order valence-corrected chi connectivity index (χ1v) is 6.97. The van der Waals surface area contributed by atoms with E-state index in [-0.39, 0.29) is 5.91 Å². The van der Waals surface area contributed by atoms with Gasteiger partial charge in [-0.05, 0) is 37.6 Å². The van der Waals surface area contributed by atoms with E-state index in [4.69, 9.17) is 4.42 Å². The summed E-state index contributed by atoms with van der Waals surface area (Å²) in [4.78, 5) is 26.2. The van der Waals surface area contributed by atoms with Crippen molar-refractivity contribution in [3.05, 3.63) is 70.2 Å². The molecule has 0 aliphatic heterocycles. The van der Waals surface area contributed by atoms with Crippen LogP contribution in [-0.4, -0.2) is 10.9 Å². The summed E-state index contributed by atoms with van der Waals surface area (Å²) in [6.07, 6.45) is 0. The van der Waals surface area contributed by atoms with Crippen LogP contribution < -0.4 is 11.1 Å². The van der Waals surface area contributed by atoms with Gasteiger partial charge in [0.1, 0.15) is 0 Å². The molecule has 0 radical (unpaired) electrons. The topological polar surface area (TPSA) is 75.1 Å². The number of rotatable bonds is 3. The number of H-pyrrole nitrogens is 1. The van der Waals surface area contributed by atoms with Crippen LogP contribution in [0.2, 0.25) is 0 Å². The van der Waals surface area contributed by atoms with Gasteiger partial charge in [0.25, 0.3) is 5.91 Å². The smallest absolute Gasteiger partial charge is 0.408 e. The Morgan fingerprint density at radius 3 is 2.59 bits per heavy atom. The largest absolute Gasteiger partial charge is 0.417 e. The van der Waals surface area contributed by atoms with Crippen molar-refractivity contribution in [2.75, 3.05) is 0 Å². The van der Waals surface area contributed by atoms with Gasteiger partial charge in [0.05, 0.1) is 11.1 Å². The Kier molecular flexibility index (Phi) is 3.33. The number of oxazole rings is 1. The van der Waals surface area contributed by atoms with E-state index in [0.29, 0.717) is 16.7 Å². The predicted octanol–water partition coefficient (Wildman–Crippen LogP) is 2.79. The van der Waals surface area contributed by atoms with Gasteiger partial charge in [0, 0.05) is 5.56 Å². The lowest BCUT2D eigenvalue weighted by atomic mass is 9.94. The van der Waals surface area contributed by atoms with Crippen molar-refractivity contribution in [1.29, 1.82) is 0 Å². The van der Waals surface area contributed by atoms with Gasteiger partial charge in [0.2, 0.25) is 0 Å². The standard InChI is InChI=1S/C17H16N2O3/c1-17(2,12-6-4-3-5-7-12)19-15(20)11-8-9-14-13(10-11)18-16(21)22-14/h3-10H,1-2H3,(H,18,21)(H,19,20). The molecule has 0 saturated carbocycles. The molecule has 0 saturated heterocycles. The third-order valence-electron chi connectivity index (χ3n) is 3.60. The zero-order valence-corrected chi connectivity index (χ0v) is 12.3. The zero-order chi connectivity index (χ0) is 15.7. The molecule has 1 amide bonds. The van der Waals surface area contributed by atoms with Gasteiger partial charge in [-0.1, -0.05) is 30.3 Å². The fourth-order valence-corrected chi connectivity index (χ4v) is 2.38. The lowest BCUT2D eigenvalue weighted by Crippen LogP contribution is -2.40. The minimum atomic E-state index is -0.530. The maximum Gasteiger partial charge on any atom is 0.417 e. The molecule has 0 bridgehead atoms. The van der Waals surface area contributed by atoms with Crippen molar-refractivity contribution >= 4 is 17.0 Å². The van der Waals surface area contributed by atoms with Crippen molar-refractivity contribution < 1.29 is 9.21 Å². The molecule has 1 heterocycles. The molecule has 22 heavy (non-hydrogen) atoms. The van der Waals surface area contributed by atoms with Crippen LogP contribution >= 0.6 is 0 Å². The highest BCUT2D eigenvalue weighted by atomic mass is 16.4. The van der Waals surface area contributed by atoms with E-state index >= 15 is 0 Å². The summed E-state index contributed by atoms with van der Waals surface area (Å²) < 4.78 is 4.93. The summed E-state index contributed by atoms with van der Waals surface area (Å²) in [6.45, 7) is 3.89. The minimum absolute atomic E-state index is 0.210. The first-order chi connectivity index (χ1) is 10.5. The number of benzene rings is 2. The van der Waals surface area contributed by atoms with Crippen LogP contribution in [0, 0.1) is 0 Å². The second kappa shape index (κ2) is 5.18. The number of aromatic amines is 1. The van der Waals surface area contributed by atoms with Crippen LogP contribution in [-0.2, 0) is 5.54 Å². The first kappa shape index (κ1) is 14.1. The second-order valence-corrected chi connectivity index (χ2v) is 5.67. The van der Waals surface area contributed by atoms with E-state index in [1.165, 1.54) is 0 Å². The van der Waals surface area contributed by atoms with Gasteiger partial charge >= 0.3 is 5.76 Å². The Bertz CT molecular complexity index is 876. The molecule has 0 aliphatic carbocycles. The quantitative estimate of drug-likeness (QED) is 0.780. The summed E-state index contributed by atoms with van der Waals surface area (Å²) in [7, 11) is 0. The molecule has 5 nitrogen and oxygen atoms in total. The van der Waals surface area contributed by atoms with Gasteiger partial charge in [-0.3, -0.25) is 9.78 Å². The maximum atomic E-state index is 12.5. The summed E-state index contributed by atoms with van der Waals surface area (Å²) in [5.41, 5.74) is 1.92. The highest BCUT2D eigenvalue weighted by molar-refractivity contribution is 5.97. The Hall–Kier alpha value is -2.82. The molecule has 0 spiro atoms. The highest BCUT2D eigenvalue weighted by Crippen LogP contribution is 2.21. The molecule has 0 atom stereocenters. The molecule has 0 aliphatic rings. The molecule has 3 aromatic rings. The number of amides is 1. The fourth-order valence-electron chi connectivity index (χ4n) is 2.38. The molecule has 0 unspecified atom stereocenters. The zero-order valence-electron chi connectivity index (χ0n) is 12.3. The van der Waals surface area contributed by atoms with Crippen LogP contribution in [0.5, 0.6) is 0 Å². The van der Waals surface area contributed by atoms with E-state index in [9.17, 15) is 9.59 Å². The number of carbonyl (C=O) groups is 1. The number of fused-ring (bicyclic) bond motifs is 1. The minimum Gasteiger partial charge on any atom is -0.408 e. The lowest BCUT2D eigenvalue weighted by Gasteiger charge is -2.27. The summed E-state index contributed by atoms with van der Waals surface area (Å²) in [5.74, 6) is -0.741. The summed E-state index contributed by atoms with van der Waals surface area (Å²) >= 11 is 0. The molecule has 1 aromatic heterocycles. The average molecular weight is 296 g/mol. The van der Waals surface area contributed by atoms with Crippen molar-refractivity contribution in [3.63, 3.8) is 0 Å². The van der Waals surface area contributed by atoms with Crippen molar-refractivity contribution in [2.24, 2.45) is 0 Å². The normalized spacial score (nSPS) is 11.5. The van der Waals surface area contributed by atoms with E-state index in [2.05, 4.69) is 10.3 Å². The molecule has 5 heteroatoms. The third kappa shape index (κ3) is 2.65. The molecule has 112 valence electrons. The summed E-state index contributed by atoms with van der Waals surface area (Å²) in [6, 6.07) is 14.6. The molecular formula is C17H16N2O3. The average Bonchev–Trinajstić information content (AvgIpc) is 2.86. The maximum absolute atomic E-state index is 12.5. The van der Waals surface area contributed by atoms with E-state index < -0.39 is 11.3 Å². The molecule has 2 N–H and O–H groups in total. The Labute approximate surface area is 127 Å². The Balaban J connectivity index is 1.88. The number of carbonyl (C=O) groups excluding carboxylic acids is 1. The third-order valence-corrected chi connectivity index (χ3v) is 3.60. The van der Waals surface area contributed by atoms with Gasteiger partial charge < -0.3 is 9.73 Å². The van der Waals surface area contributed by atoms with E-state index in [0.717, 1.165) is 5.56 Å². The number of nitrogens with one attached hydrogen (secondary N) is 2. The van der Waals surface area contributed by atoms with Gasteiger partial charge in [-0.15, -0.1) is 0 Å². The monoisotopic (exact) mass is 296 g/mol. The van der Waals surface area contributed by atoms with Crippen LogP contribution in [0.25, 0.3) is 11.1 Å². The molecular weight excluding hydrogens is 280 g/mol. The molecule has 2 aromatic carbocycles. The predicted molar refractivity (Wildman–Crippen MR) is 83.8 cm³/mol. The Morgan fingerprint density at radius 2 is 1.86 bits per heavy atom. The van der Waals surface area contributed by atoms with Crippen LogP contribution in [0.15, 0.2) is 57.7 Å². The SMILES string of the molecule is CC(C)(NC(=O)c1ccc2oc(=O)[nH]c2c1)c1ccccc1. The van der Waals surface area contributed by atoms with Crippen LogP contribution in [0.1, 0.15) is 29.8 Å². The van der Waals surface area contributed by atoms with Crippen LogP contribution in [0.3, 0.4) is 0 Å². The van der Waals surface area contributed by atoms with Gasteiger partial charge in [0.15, 0.2) is 5.58 Å². The molecule has 0 fully saturated rings. The molecule has 3 rings (SSSR count). The van der Waals surface area contributed by atoms with Crippen molar-refractivity contribution in [1.82, 2.24) is 10.3 Å². The number of hydrogen-bond donors (Lipinski definition) is 2. The fraction of sp³-hybridized carbons (Fsp3) is 0.176.